The van der Waals surface area contributed by atoms with E-state index in [1.807, 2.05) is 0 Å². The molecule has 2 heteroatoms. The van der Waals surface area contributed by atoms with Gasteiger partial charge >= 0.3 is 64.5 Å². The molecule has 1 nitrogen and oxygen atoms in total. The molecule has 0 spiro atoms. The number of hydrogen-bond acceptors (Lipinski definition) is 1. The molecule has 6 rings (SSSR count). The van der Waals surface area contributed by atoms with Crippen LogP contribution in [-0.4, -0.2) is 0 Å². The minimum atomic E-state index is 0.0234. The van der Waals surface area contributed by atoms with Crippen LogP contribution in [-0.2, 0) is 18.7 Å². The summed E-state index contributed by atoms with van der Waals surface area (Å²) in [5.41, 5.74) is 0. The summed E-state index contributed by atoms with van der Waals surface area (Å²) in [6.45, 7) is 0. The Bertz CT molecular complexity index is 247. The Kier molecular flexibility index (Phi) is 0.352. The summed E-state index contributed by atoms with van der Waals surface area (Å²) < 4.78 is 11.4. The molecular formula is C8H7MnO. The second kappa shape index (κ2) is 0.804. The molecule has 10 heavy (non-hydrogen) atoms. The molecule has 6 aliphatic carbocycles. The third kappa shape index (κ3) is 0.136. The predicted octanol–water partition coefficient (Wildman–Crippen LogP) is 0.954. The summed E-state index contributed by atoms with van der Waals surface area (Å²) in [7, 11) is 0. The monoisotopic (exact) mass is 174 g/mol. The molecule has 0 aromatic heterocycles. The molecule has 6 saturated carbocycles. The minimum absolute atomic E-state index is 0.0234. The summed E-state index contributed by atoms with van der Waals surface area (Å²) in [4.78, 5) is 0. The van der Waals surface area contributed by atoms with E-state index in [-0.39, 0.29) is 14.9 Å². The standard InChI is InChI=1S/C8H7.Mn.O/c1-2-5-3(1)7-4(1)6(2)8(5)7;;/h1-7H;;. The predicted molar refractivity (Wildman–Crippen MR) is 27.8 cm³/mol. The zero-order chi connectivity index (χ0) is 6.25. The van der Waals surface area contributed by atoms with Crippen LogP contribution in [0, 0.1) is 41.4 Å². The molecule has 6 aliphatic rings. The van der Waals surface area contributed by atoms with Gasteiger partial charge in [-0.3, -0.25) is 0 Å². The maximum atomic E-state index is 10.9. The summed E-state index contributed by atoms with van der Waals surface area (Å²) >= 11 is 0.0234. The van der Waals surface area contributed by atoms with Crippen molar-refractivity contribution in [1.82, 2.24) is 0 Å². The first kappa shape index (κ1) is 4.37. The summed E-state index contributed by atoms with van der Waals surface area (Å²) in [5.74, 6) is 7.51. The first-order valence-corrected chi connectivity index (χ1v) is 5.28. The van der Waals surface area contributed by atoms with Crippen molar-refractivity contribution in [2.45, 2.75) is 4.31 Å². The van der Waals surface area contributed by atoms with Crippen molar-refractivity contribution in [2.24, 2.45) is 41.4 Å². The molecule has 0 bridgehead atoms. The first-order chi connectivity index (χ1) is 4.93. The van der Waals surface area contributed by atoms with Crippen LogP contribution in [0.2, 0.25) is 4.31 Å². The van der Waals surface area contributed by atoms with Gasteiger partial charge in [-0.15, -0.1) is 0 Å². The normalized spacial score (nSPS) is 96.2. The van der Waals surface area contributed by atoms with Crippen LogP contribution < -0.4 is 0 Å². The van der Waals surface area contributed by atoms with Crippen molar-refractivity contribution in [3.05, 3.63) is 0 Å². The molecule has 0 heterocycles. The SMILES string of the molecule is [O]=[Mn][C]12C3C4C5C3C1C5C42. The van der Waals surface area contributed by atoms with Crippen LogP contribution in [0.5, 0.6) is 0 Å². The van der Waals surface area contributed by atoms with Gasteiger partial charge in [-0.05, 0) is 0 Å². The van der Waals surface area contributed by atoms with Crippen LogP contribution in [0.3, 0.4) is 0 Å². The molecule has 0 amide bonds. The van der Waals surface area contributed by atoms with Crippen LogP contribution >= 0.6 is 0 Å². The zero-order valence-corrected chi connectivity index (χ0v) is 6.51. The zero-order valence-electron chi connectivity index (χ0n) is 5.33. The van der Waals surface area contributed by atoms with Crippen molar-refractivity contribution < 1.29 is 18.7 Å². The molecule has 0 radical (unpaired) electrons. The fourth-order valence-electron chi connectivity index (χ4n) is 5.44. The van der Waals surface area contributed by atoms with Gasteiger partial charge in [-0.2, -0.15) is 0 Å². The molecule has 6 fully saturated rings. The van der Waals surface area contributed by atoms with Crippen molar-refractivity contribution in [3.63, 3.8) is 0 Å². The van der Waals surface area contributed by atoms with E-state index < -0.39 is 0 Å². The van der Waals surface area contributed by atoms with E-state index in [1.165, 1.54) is 5.92 Å². The van der Waals surface area contributed by atoms with Crippen LogP contribution in [0.25, 0.3) is 0 Å². The molecule has 0 aliphatic heterocycles. The molecule has 0 aromatic rings. The fraction of sp³-hybridized carbons (Fsp3) is 1.00. The molecule has 0 aromatic carbocycles. The van der Waals surface area contributed by atoms with Gasteiger partial charge in [0.05, 0.1) is 0 Å². The van der Waals surface area contributed by atoms with Gasteiger partial charge in [0.15, 0.2) is 0 Å². The summed E-state index contributed by atoms with van der Waals surface area (Å²) in [6.07, 6.45) is 0. The molecule has 0 unspecified atom stereocenters. The average molecular weight is 174 g/mol. The number of rotatable bonds is 1. The van der Waals surface area contributed by atoms with Gasteiger partial charge in [0.2, 0.25) is 0 Å². The molecule has 0 saturated heterocycles. The summed E-state index contributed by atoms with van der Waals surface area (Å²) in [6, 6.07) is 0. The Morgan fingerprint density at radius 3 is 1.70 bits per heavy atom. The van der Waals surface area contributed by atoms with Gasteiger partial charge < -0.3 is 0 Å². The second-order valence-electron chi connectivity index (χ2n) is 4.79. The van der Waals surface area contributed by atoms with Crippen molar-refractivity contribution >= 4 is 0 Å². The topological polar surface area (TPSA) is 17.1 Å². The molecule has 52 valence electrons. The van der Waals surface area contributed by atoms with E-state index >= 15 is 0 Å². The Labute approximate surface area is 64.9 Å². The number of hydrogen-bond donors (Lipinski definition) is 0. The van der Waals surface area contributed by atoms with Gasteiger partial charge in [-0.25, -0.2) is 0 Å². The molecular weight excluding hydrogens is 167 g/mol. The third-order valence-corrected chi connectivity index (χ3v) is 7.09. The fourth-order valence-corrected chi connectivity index (χ4v) is 7.29. The van der Waals surface area contributed by atoms with E-state index in [9.17, 15) is 3.83 Å². The van der Waals surface area contributed by atoms with Crippen molar-refractivity contribution in [1.29, 1.82) is 0 Å². The van der Waals surface area contributed by atoms with Gasteiger partial charge in [0, 0.05) is 0 Å². The Morgan fingerprint density at radius 2 is 1.40 bits per heavy atom. The van der Waals surface area contributed by atoms with Gasteiger partial charge in [-0.1, -0.05) is 0 Å². The Hall–Kier alpha value is 0.319. The maximum absolute atomic E-state index is 10.9. The van der Waals surface area contributed by atoms with Crippen molar-refractivity contribution in [3.8, 4) is 0 Å². The molecule has 0 atom stereocenters. The third-order valence-electron chi connectivity index (χ3n) is 5.49. The first-order valence-electron chi connectivity index (χ1n) is 4.21. The van der Waals surface area contributed by atoms with Crippen molar-refractivity contribution in [2.75, 3.05) is 0 Å². The van der Waals surface area contributed by atoms with Crippen LogP contribution in [0.4, 0.5) is 0 Å². The van der Waals surface area contributed by atoms with Crippen LogP contribution in [0.1, 0.15) is 0 Å². The van der Waals surface area contributed by atoms with E-state index in [1.54, 1.807) is 0 Å². The Balaban J connectivity index is 1.85. The van der Waals surface area contributed by atoms with Crippen LogP contribution in [0.15, 0.2) is 0 Å². The quantitative estimate of drug-likeness (QED) is 0.541. The van der Waals surface area contributed by atoms with E-state index in [4.69, 9.17) is 0 Å². The van der Waals surface area contributed by atoms with E-state index in [0.29, 0.717) is 4.31 Å². The summed E-state index contributed by atoms with van der Waals surface area (Å²) in [5, 5.41) is 0. The average Bonchev–Trinajstić information content (AvgIpc) is 2.05. The van der Waals surface area contributed by atoms with E-state index in [0.717, 1.165) is 35.5 Å². The van der Waals surface area contributed by atoms with Gasteiger partial charge in [0.25, 0.3) is 0 Å². The molecule has 0 N–H and O–H groups in total. The van der Waals surface area contributed by atoms with E-state index in [2.05, 4.69) is 0 Å². The Morgan fingerprint density at radius 1 is 0.900 bits per heavy atom. The second-order valence-corrected chi connectivity index (χ2v) is 6.05. The van der Waals surface area contributed by atoms with Gasteiger partial charge in [0.1, 0.15) is 0 Å².